The lowest BCUT2D eigenvalue weighted by Gasteiger charge is -2.10. The molecular weight excluding hydrogens is 302 g/mol. The Hall–Kier alpha value is -1.42. The number of hydrogen-bond donors (Lipinski definition) is 1. The van der Waals surface area contributed by atoms with E-state index >= 15 is 0 Å². The van der Waals surface area contributed by atoms with Crippen molar-refractivity contribution < 1.29 is 0 Å². The SMILES string of the molecule is Cc1ccc(Nc2cc(Br)nc(C3CC3)n2)c(C)c1. The second-order valence-electron chi connectivity index (χ2n) is 5.15. The summed E-state index contributed by atoms with van der Waals surface area (Å²) >= 11 is 3.46. The maximum Gasteiger partial charge on any atom is 0.135 e. The van der Waals surface area contributed by atoms with E-state index in [0.29, 0.717) is 5.92 Å². The lowest BCUT2D eigenvalue weighted by atomic mass is 10.1. The molecule has 19 heavy (non-hydrogen) atoms. The second kappa shape index (κ2) is 4.93. The zero-order valence-corrected chi connectivity index (χ0v) is 12.7. The van der Waals surface area contributed by atoms with Gasteiger partial charge in [0, 0.05) is 17.7 Å². The Bertz CT molecular complexity index is 621. The third-order valence-electron chi connectivity index (χ3n) is 3.30. The van der Waals surface area contributed by atoms with Gasteiger partial charge < -0.3 is 5.32 Å². The average Bonchev–Trinajstić information content (AvgIpc) is 3.16. The van der Waals surface area contributed by atoms with Crippen LogP contribution in [0.4, 0.5) is 11.5 Å². The molecule has 1 saturated carbocycles. The summed E-state index contributed by atoms with van der Waals surface area (Å²) in [6.45, 7) is 4.20. The van der Waals surface area contributed by atoms with Gasteiger partial charge in [0.1, 0.15) is 16.2 Å². The summed E-state index contributed by atoms with van der Waals surface area (Å²) in [6.07, 6.45) is 2.42. The molecule has 2 aromatic rings. The number of aromatic nitrogens is 2. The smallest absolute Gasteiger partial charge is 0.135 e. The topological polar surface area (TPSA) is 37.8 Å². The molecule has 1 fully saturated rings. The molecule has 3 rings (SSSR count). The van der Waals surface area contributed by atoms with E-state index in [9.17, 15) is 0 Å². The molecule has 4 heteroatoms. The Kier molecular flexibility index (Phi) is 3.27. The normalized spacial score (nSPS) is 14.5. The third-order valence-corrected chi connectivity index (χ3v) is 3.71. The van der Waals surface area contributed by atoms with E-state index in [4.69, 9.17) is 0 Å². The number of nitrogens with one attached hydrogen (secondary N) is 1. The highest BCUT2D eigenvalue weighted by molar-refractivity contribution is 9.10. The zero-order chi connectivity index (χ0) is 13.4. The highest BCUT2D eigenvalue weighted by Crippen LogP contribution is 2.39. The molecule has 0 amide bonds. The molecule has 0 atom stereocenters. The van der Waals surface area contributed by atoms with Gasteiger partial charge in [-0.2, -0.15) is 0 Å². The first-order chi connectivity index (χ1) is 9.11. The second-order valence-corrected chi connectivity index (χ2v) is 5.96. The minimum absolute atomic E-state index is 0.553. The number of halogens is 1. The van der Waals surface area contributed by atoms with Gasteiger partial charge in [0.05, 0.1) is 0 Å². The molecule has 0 radical (unpaired) electrons. The molecule has 0 saturated heterocycles. The van der Waals surface area contributed by atoms with Gasteiger partial charge in [0.25, 0.3) is 0 Å². The van der Waals surface area contributed by atoms with Crippen LogP contribution >= 0.6 is 15.9 Å². The van der Waals surface area contributed by atoms with E-state index in [1.165, 1.54) is 24.0 Å². The largest absolute Gasteiger partial charge is 0.340 e. The van der Waals surface area contributed by atoms with Crippen LogP contribution in [0.1, 0.15) is 35.7 Å². The Morgan fingerprint density at radius 2 is 1.95 bits per heavy atom. The predicted octanol–water partition coefficient (Wildman–Crippen LogP) is 4.48. The molecule has 0 aliphatic heterocycles. The molecule has 1 aliphatic rings. The van der Waals surface area contributed by atoms with Crippen molar-refractivity contribution in [1.82, 2.24) is 9.97 Å². The van der Waals surface area contributed by atoms with E-state index in [-0.39, 0.29) is 0 Å². The summed E-state index contributed by atoms with van der Waals surface area (Å²) < 4.78 is 0.844. The third kappa shape index (κ3) is 2.95. The maximum atomic E-state index is 4.60. The Labute approximate surface area is 121 Å². The van der Waals surface area contributed by atoms with Crippen LogP contribution in [0, 0.1) is 13.8 Å². The van der Waals surface area contributed by atoms with Gasteiger partial charge in [0.15, 0.2) is 0 Å². The molecule has 98 valence electrons. The number of benzene rings is 1. The van der Waals surface area contributed by atoms with Gasteiger partial charge in [0.2, 0.25) is 0 Å². The molecule has 1 aromatic heterocycles. The van der Waals surface area contributed by atoms with Crippen LogP contribution in [0.25, 0.3) is 0 Å². The van der Waals surface area contributed by atoms with Gasteiger partial charge in [-0.3, -0.25) is 0 Å². The summed E-state index contributed by atoms with van der Waals surface area (Å²) in [7, 11) is 0. The van der Waals surface area contributed by atoms with Gasteiger partial charge in [-0.05, 0) is 54.2 Å². The maximum absolute atomic E-state index is 4.60. The minimum atomic E-state index is 0.553. The first kappa shape index (κ1) is 12.6. The van der Waals surface area contributed by atoms with Crippen molar-refractivity contribution in [2.45, 2.75) is 32.6 Å². The van der Waals surface area contributed by atoms with Gasteiger partial charge in [-0.1, -0.05) is 17.7 Å². The lowest BCUT2D eigenvalue weighted by Crippen LogP contribution is -2.00. The zero-order valence-electron chi connectivity index (χ0n) is 11.1. The van der Waals surface area contributed by atoms with Crippen molar-refractivity contribution in [3.63, 3.8) is 0 Å². The Balaban J connectivity index is 1.89. The van der Waals surface area contributed by atoms with Crippen molar-refractivity contribution >= 4 is 27.4 Å². The van der Waals surface area contributed by atoms with Crippen LogP contribution in [0.2, 0.25) is 0 Å². The number of aryl methyl sites for hydroxylation is 2. The summed E-state index contributed by atoms with van der Waals surface area (Å²) in [6, 6.07) is 8.29. The van der Waals surface area contributed by atoms with Crippen molar-refractivity contribution in [3.05, 3.63) is 45.8 Å². The monoisotopic (exact) mass is 317 g/mol. The molecule has 0 bridgehead atoms. The standard InChI is InChI=1S/C15H16BrN3/c1-9-3-6-12(10(2)7-9)17-14-8-13(16)18-15(19-14)11-4-5-11/h3,6-8,11H,4-5H2,1-2H3,(H,17,18,19). The van der Waals surface area contributed by atoms with E-state index in [1.54, 1.807) is 0 Å². The van der Waals surface area contributed by atoms with Gasteiger partial charge >= 0.3 is 0 Å². The molecule has 0 unspecified atom stereocenters. The van der Waals surface area contributed by atoms with E-state index in [1.807, 2.05) is 6.07 Å². The van der Waals surface area contributed by atoms with E-state index in [2.05, 4.69) is 63.3 Å². The molecular formula is C15H16BrN3. The fraction of sp³-hybridized carbons (Fsp3) is 0.333. The molecule has 0 spiro atoms. The molecule has 1 heterocycles. The van der Waals surface area contributed by atoms with Crippen LogP contribution in [0.15, 0.2) is 28.9 Å². The van der Waals surface area contributed by atoms with Crippen LogP contribution in [0.5, 0.6) is 0 Å². The fourth-order valence-electron chi connectivity index (χ4n) is 2.12. The average molecular weight is 318 g/mol. The lowest BCUT2D eigenvalue weighted by molar-refractivity contribution is 0.919. The van der Waals surface area contributed by atoms with Crippen molar-refractivity contribution in [2.24, 2.45) is 0 Å². The van der Waals surface area contributed by atoms with Crippen molar-refractivity contribution in [2.75, 3.05) is 5.32 Å². The Morgan fingerprint density at radius 1 is 1.16 bits per heavy atom. The molecule has 1 N–H and O–H groups in total. The van der Waals surface area contributed by atoms with Crippen LogP contribution < -0.4 is 5.32 Å². The molecule has 1 aromatic carbocycles. The minimum Gasteiger partial charge on any atom is -0.340 e. The Morgan fingerprint density at radius 3 is 2.63 bits per heavy atom. The van der Waals surface area contributed by atoms with Crippen LogP contribution in [-0.4, -0.2) is 9.97 Å². The number of rotatable bonds is 3. The molecule has 1 aliphatic carbocycles. The van der Waals surface area contributed by atoms with Crippen LogP contribution in [0.3, 0.4) is 0 Å². The highest BCUT2D eigenvalue weighted by Gasteiger charge is 2.27. The quantitative estimate of drug-likeness (QED) is 0.848. The van der Waals surface area contributed by atoms with Gasteiger partial charge in [-0.25, -0.2) is 9.97 Å². The predicted molar refractivity (Wildman–Crippen MR) is 80.9 cm³/mol. The summed E-state index contributed by atoms with van der Waals surface area (Å²) in [5, 5.41) is 3.38. The number of anilines is 2. The van der Waals surface area contributed by atoms with E-state index < -0.39 is 0 Å². The van der Waals surface area contributed by atoms with E-state index in [0.717, 1.165) is 21.9 Å². The van der Waals surface area contributed by atoms with Crippen LogP contribution in [-0.2, 0) is 0 Å². The molecule has 3 nitrogen and oxygen atoms in total. The number of nitrogens with zero attached hydrogens (tertiary/aromatic N) is 2. The van der Waals surface area contributed by atoms with Crippen molar-refractivity contribution in [3.8, 4) is 0 Å². The fourth-order valence-corrected chi connectivity index (χ4v) is 2.51. The first-order valence-corrected chi connectivity index (χ1v) is 7.30. The van der Waals surface area contributed by atoms with Crippen molar-refractivity contribution in [1.29, 1.82) is 0 Å². The summed E-state index contributed by atoms with van der Waals surface area (Å²) in [4.78, 5) is 9.04. The van der Waals surface area contributed by atoms with Gasteiger partial charge in [-0.15, -0.1) is 0 Å². The first-order valence-electron chi connectivity index (χ1n) is 6.50. The number of hydrogen-bond acceptors (Lipinski definition) is 3. The summed E-state index contributed by atoms with van der Waals surface area (Å²) in [5.41, 5.74) is 3.59. The summed E-state index contributed by atoms with van der Waals surface area (Å²) in [5.74, 6) is 2.36. The highest BCUT2D eigenvalue weighted by atomic mass is 79.9.